The molecule has 2 atom stereocenters. The molecule has 19 heavy (non-hydrogen) atoms. The van der Waals surface area contributed by atoms with Crippen LogP contribution in [0.2, 0.25) is 0 Å². The van der Waals surface area contributed by atoms with Gasteiger partial charge in [-0.1, -0.05) is 25.8 Å². The van der Waals surface area contributed by atoms with Crippen molar-refractivity contribution in [3.63, 3.8) is 0 Å². The van der Waals surface area contributed by atoms with Crippen molar-refractivity contribution in [3.8, 4) is 0 Å². The van der Waals surface area contributed by atoms with Crippen LogP contribution in [0.3, 0.4) is 0 Å². The summed E-state index contributed by atoms with van der Waals surface area (Å²) in [6, 6.07) is 5.29. The Balaban J connectivity index is 2.35. The first-order valence-corrected chi connectivity index (χ1v) is 6.88. The highest BCUT2D eigenvalue weighted by molar-refractivity contribution is 6.00. The smallest absolute Gasteiger partial charge is 0.136 e. The van der Waals surface area contributed by atoms with E-state index in [1.54, 1.807) is 6.07 Å². The van der Waals surface area contributed by atoms with Crippen LogP contribution >= 0.6 is 0 Å². The van der Waals surface area contributed by atoms with Crippen molar-refractivity contribution in [1.82, 2.24) is 0 Å². The number of benzene rings is 1. The second-order valence-electron chi connectivity index (χ2n) is 5.49. The van der Waals surface area contributed by atoms with Crippen LogP contribution in [0, 0.1) is 17.1 Å². The summed E-state index contributed by atoms with van der Waals surface area (Å²) in [5, 5.41) is 7.59. The molecular weight excluding hydrogens is 241 g/mol. The van der Waals surface area contributed by atoms with E-state index in [0.29, 0.717) is 12.0 Å². The van der Waals surface area contributed by atoms with Gasteiger partial charge in [0.2, 0.25) is 0 Å². The van der Waals surface area contributed by atoms with Crippen molar-refractivity contribution in [2.75, 3.05) is 11.9 Å². The Hall–Kier alpha value is -1.58. The van der Waals surface area contributed by atoms with Gasteiger partial charge in [0.15, 0.2) is 0 Å². The standard InChI is InChI=1S/C15H22FN3/c1-10-6-3-4-8-12(10)19(2)13-9-5-7-11(16)14(13)15(17)18/h5,7,9-10,12H,3-4,6,8H2,1-2H3,(H3,17,18). The lowest BCUT2D eigenvalue weighted by Gasteiger charge is -2.38. The van der Waals surface area contributed by atoms with E-state index in [9.17, 15) is 4.39 Å². The molecule has 1 aliphatic rings. The molecular formula is C15H22FN3. The van der Waals surface area contributed by atoms with E-state index in [0.717, 1.165) is 12.1 Å². The van der Waals surface area contributed by atoms with E-state index >= 15 is 0 Å². The van der Waals surface area contributed by atoms with E-state index in [4.69, 9.17) is 11.1 Å². The van der Waals surface area contributed by atoms with E-state index in [2.05, 4.69) is 11.8 Å². The molecule has 1 aromatic carbocycles. The molecule has 2 rings (SSSR count). The molecule has 1 saturated carbocycles. The highest BCUT2D eigenvalue weighted by Gasteiger charge is 2.27. The molecule has 0 spiro atoms. The van der Waals surface area contributed by atoms with Gasteiger partial charge in [0.05, 0.1) is 11.3 Å². The largest absolute Gasteiger partial charge is 0.384 e. The number of nitrogens with one attached hydrogen (secondary N) is 1. The monoisotopic (exact) mass is 263 g/mol. The lowest BCUT2D eigenvalue weighted by molar-refractivity contribution is 0.321. The first kappa shape index (κ1) is 13.8. The summed E-state index contributed by atoms with van der Waals surface area (Å²) in [7, 11) is 1.98. The summed E-state index contributed by atoms with van der Waals surface area (Å²) in [4.78, 5) is 2.10. The molecule has 2 unspecified atom stereocenters. The fourth-order valence-corrected chi connectivity index (χ4v) is 3.12. The molecule has 1 aromatic rings. The second-order valence-corrected chi connectivity index (χ2v) is 5.49. The van der Waals surface area contributed by atoms with Gasteiger partial charge in [0, 0.05) is 13.1 Å². The summed E-state index contributed by atoms with van der Waals surface area (Å²) in [6.07, 6.45) is 4.81. The van der Waals surface area contributed by atoms with Crippen molar-refractivity contribution in [1.29, 1.82) is 5.41 Å². The molecule has 0 heterocycles. The Morgan fingerprint density at radius 1 is 1.37 bits per heavy atom. The molecule has 1 fully saturated rings. The normalized spacial score (nSPS) is 23.1. The van der Waals surface area contributed by atoms with E-state index in [-0.39, 0.29) is 11.4 Å². The maximum atomic E-state index is 13.9. The Bertz CT molecular complexity index is 472. The quantitative estimate of drug-likeness (QED) is 0.650. The van der Waals surface area contributed by atoms with Gasteiger partial charge in [-0.2, -0.15) is 0 Å². The van der Waals surface area contributed by atoms with Gasteiger partial charge in [-0.3, -0.25) is 5.41 Å². The minimum atomic E-state index is -0.416. The summed E-state index contributed by atoms with van der Waals surface area (Å²) in [5.41, 5.74) is 6.49. The molecule has 0 radical (unpaired) electrons. The average Bonchev–Trinajstić information content (AvgIpc) is 2.37. The van der Waals surface area contributed by atoms with Gasteiger partial charge in [-0.05, 0) is 30.9 Å². The highest BCUT2D eigenvalue weighted by atomic mass is 19.1. The number of amidine groups is 1. The fraction of sp³-hybridized carbons (Fsp3) is 0.533. The zero-order chi connectivity index (χ0) is 14.0. The van der Waals surface area contributed by atoms with Crippen LogP contribution in [0.5, 0.6) is 0 Å². The van der Waals surface area contributed by atoms with Crippen molar-refractivity contribution < 1.29 is 4.39 Å². The third kappa shape index (κ3) is 2.72. The number of nitrogen functional groups attached to an aromatic ring is 1. The van der Waals surface area contributed by atoms with Crippen LogP contribution in [0.25, 0.3) is 0 Å². The van der Waals surface area contributed by atoms with Gasteiger partial charge in [-0.15, -0.1) is 0 Å². The van der Waals surface area contributed by atoms with E-state index in [1.807, 2.05) is 13.1 Å². The summed E-state index contributed by atoms with van der Waals surface area (Å²) in [6.45, 7) is 2.24. The minimum absolute atomic E-state index is 0.205. The van der Waals surface area contributed by atoms with Crippen LogP contribution in [-0.2, 0) is 0 Å². The number of nitrogens with two attached hydrogens (primary N) is 1. The fourth-order valence-electron chi connectivity index (χ4n) is 3.12. The maximum absolute atomic E-state index is 13.9. The number of nitrogens with zero attached hydrogens (tertiary/aromatic N) is 1. The van der Waals surface area contributed by atoms with Crippen molar-refractivity contribution in [3.05, 3.63) is 29.6 Å². The van der Waals surface area contributed by atoms with Gasteiger partial charge in [-0.25, -0.2) is 4.39 Å². The topological polar surface area (TPSA) is 53.1 Å². The summed E-state index contributed by atoms with van der Waals surface area (Å²) >= 11 is 0. The third-order valence-corrected chi connectivity index (χ3v) is 4.20. The molecule has 0 amide bonds. The van der Waals surface area contributed by atoms with Gasteiger partial charge in [0.25, 0.3) is 0 Å². The predicted octanol–water partition coefficient (Wildman–Crippen LogP) is 3.12. The Kier molecular flexibility index (Phi) is 4.08. The lowest BCUT2D eigenvalue weighted by Crippen LogP contribution is -2.40. The van der Waals surface area contributed by atoms with Crippen LogP contribution in [0.15, 0.2) is 18.2 Å². The van der Waals surface area contributed by atoms with Gasteiger partial charge >= 0.3 is 0 Å². The molecule has 3 N–H and O–H groups in total. The number of anilines is 1. The second kappa shape index (κ2) is 5.59. The van der Waals surface area contributed by atoms with Gasteiger partial charge < -0.3 is 10.6 Å². The van der Waals surface area contributed by atoms with Gasteiger partial charge in [0.1, 0.15) is 11.7 Å². The lowest BCUT2D eigenvalue weighted by atomic mass is 9.84. The number of rotatable bonds is 3. The SMILES string of the molecule is CC1CCCCC1N(C)c1cccc(F)c1C(=N)N. The maximum Gasteiger partial charge on any atom is 0.136 e. The molecule has 3 nitrogen and oxygen atoms in total. The van der Waals surface area contributed by atoms with Crippen LogP contribution < -0.4 is 10.6 Å². The Labute approximate surface area is 114 Å². The number of hydrogen-bond acceptors (Lipinski definition) is 2. The molecule has 1 aliphatic carbocycles. The molecule has 0 bridgehead atoms. The Morgan fingerprint density at radius 2 is 2.05 bits per heavy atom. The number of hydrogen-bond donors (Lipinski definition) is 2. The minimum Gasteiger partial charge on any atom is -0.384 e. The van der Waals surface area contributed by atoms with Crippen LogP contribution in [0.1, 0.15) is 38.2 Å². The molecule has 4 heteroatoms. The summed E-state index contributed by atoms with van der Waals surface area (Å²) in [5.74, 6) is -0.0365. The predicted molar refractivity (Wildman–Crippen MR) is 77.2 cm³/mol. The van der Waals surface area contributed by atoms with Crippen molar-refractivity contribution in [2.45, 2.75) is 38.6 Å². The number of halogens is 1. The van der Waals surface area contributed by atoms with Crippen molar-refractivity contribution in [2.24, 2.45) is 11.7 Å². The zero-order valence-corrected chi connectivity index (χ0v) is 11.6. The van der Waals surface area contributed by atoms with E-state index in [1.165, 1.54) is 25.3 Å². The van der Waals surface area contributed by atoms with Crippen molar-refractivity contribution >= 4 is 11.5 Å². The summed E-state index contributed by atoms with van der Waals surface area (Å²) < 4.78 is 13.9. The Morgan fingerprint density at radius 3 is 2.68 bits per heavy atom. The van der Waals surface area contributed by atoms with Crippen LogP contribution in [-0.4, -0.2) is 18.9 Å². The molecule has 104 valence electrons. The molecule has 0 aromatic heterocycles. The average molecular weight is 263 g/mol. The zero-order valence-electron chi connectivity index (χ0n) is 11.6. The van der Waals surface area contributed by atoms with E-state index < -0.39 is 5.82 Å². The van der Waals surface area contributed by atoms with Crippen LogP contribution in [0.4, 0.5) is 10.1 Å². The molecule has 0 aliphatic heterocycles. The third-order valence-electron chi connectivity index (χ3n) is 4.20. The first-order valence-electron chi connectivity index (χ1n) is 6.88. The molecule has 0 saturated heterocycles. The highest BCUT2D eigenvalue weighted by Crippen LogP contribution is 2.32. The first-order chi connectivity index (χ1) is 9.02.